The van der Waals surface area contributed by atoms with Gasteiger partial charge in [0.2, 0.25) is 0 Å². The average molecular weight is 311 g/mol. The van der Waals surface area contributed by atoms with E-state index >= 15 is 0 Å². The summed E-state index contributed by atoms with van der Waals surface area (Å²) in [6, 6.07) is 8.27. The second kappa shape index (κ2) is 7.19. The molecular weight excluding hydrogens is 290 g/mol. The molecule has 0 aliphatic carbocycles. The number of aryl methyl sites for hydroxylation is 2. The maximum Gasteiger partial charge on any atom is 0.257 e. The van der Waals surface area contributed by atoms with Crippen LogP contribution in [0.15, 0.2) is 35.0 Å². The Morgan fingerprint density at radius 2 is 2.04 bits per heavy atom. The number of nitrogens with zero attached hydrogens (tertiary/aromatic N) is 3. The lowest BCUT2D eigenvalue weighted by molar-refractivity contribution is 0.423. The van der Waals surface area contributed by atoms with Crippen molar-refractivity contribution in [3.05, 3.63) is 53.1 Å². The number of benzene rings is 1. The molecule has 6 nitrogen and oxygen atoms in total. The monoisotopic (exact) mass is 311 g/mol. The third-order valence-electron chi connectivity index (χ3n) is 3.83. The first-order valence-electron chi connectivity index (χ1n) is 7.87. The first kappa shape index (κ1) is 15.4. The van der Waals surface area contributed by atoms with E-state index in [0.717, 1.165) is 43.0 Å². The predicted octanol–water partition coefficient (Wildman–Crippen LogP) is 2.66. The van der Waals surface area contributed by atoms with Gasteiger partial charge in [-0.3, -0.25) is 5.10 Å². The lowest BCUT2D eigenvalue weighted by Gasteiger charge is -2.05. The van der Waals surface area contributed by atoms with E-state index < -0.39 is 0 Å². The van der Waals surface area contributed by atoms with Crippen LogP contribution in [-0.4, -0.2) is 26.9 Å². The third-order valence-corrected chi connectivity index (χ3v) is 3.83. The van der Waals surface area contributed by atoms with Crippen molar-refractivity contribution in [3.8, 4) is 11.5 Å². The number of rotatable bonds is 7. The first-order chi connectivity index (χ1) is 11.3. The molecule has 0 aliphatic rings. The van der Waals surface area contributed by atoms with E-state index in [-0.39, 0.29) is 0 Å². The number of H-pyrrole nitrogens is 1. The smallest absolute Gasteiger partial charge is 0.257 e. The minimum Gasteiger partial charge on any atom is -0.334 e. The van der Waals surface area contributed by atoms with Gasteiger partial charge in [-0.05, 0) is 37.6 Å². The second-order valence-corrected chi connectivity index (χ2v) is 5.51. The van der Waals surface area contributed by atoms with E-state index in [4.69, 9.17) is 4.52 Å². The summed E-state index contributed by atoms with van der Waals surface area (Å²) < 4.78 is 5.25. The molecule has 0 saturated carbocycles. The van der Waals surface area contributed by atoms with Crippen molar-refractivity contribution in [2.24, 2.45) is 0 Å². The zero-order valence-corrected chi connectivity index (χ0v) is 13.5. The molecule has 120 valence electrons. The van der Waals surface area contributed by atoms with Crippen LogP contribution in [0.1, 0.15) is 29.6 Å². The summed E-state index contributed by atoms with van der Waals surface area (Å²) in [6.07, 6.45) is 3.62. The van der Waals surface area contributed by atoms with E-state index in [9.17, 15) is 0 Å². The molecule has 0 amide bonds. The molecule has 2 heterocycles. The summed E-state index contributed by atoms with van der Waals surface area (Å²) in [5.74, 6) is 1.32. The van der Waals surface area contributed by atoms with Crippen LogP contribution in [0.2, 0.25) is 0 Å². The fourth-order valence-electron chi connectivity index (χ4n) is 2.34. The molecule has 0 aliphatic heterocycles. The Bertz CT molecular complexity index is 744. The van der Waals surface area contributed by atoms with Crippen LogP contribution in [0.3, 0.4) is 0 Å². The Morgan fingerprint density at radius 3 is 2.70 bits per heavy atom. The number of nitrogens with one attached hydrogen (secondary N) is 2. The summed E-state index contributed by atoms with van der Waals surface area (Å²) >= 11 is 0. The van der Waals surface area contributed by atoms with Gasteiger partial charge >= 0.3 is 0 Å². The fourth-order valence-corrected chi connectivity index (χ4v) is 2.34. The highest BCUT2D eigenvalue weighted by atomic mass is 16.5. The van der Waals surface area contributed by atoms with Crippen LogP contribution < -0.4 is 5.32 Å². The molecular formula is C17H21N5O. The van der Waals surface area contributed by atoms with Gasteiger partial charge in [-0.25, -0.2) is 0 Å². The molecule has 0 saturated heterocycles. The standard InChI is InChI=1S/C17H21N5O/c1-3-16-20-17(23-22-16)14-6-4-13(5-7-14)8-9-18-10-15-11-19-21-12(15)2/h4-7,11,18H,3,8-10H2,1-2H3,(H,19,21). The number of hydrogen-bond acceptors (Lipinski definition) is 5. The molecule has 0 radical (unpaired) electrons. The Hall–Kier alpha value is -2.47. The highest BCUT2D eigenvalue weighted by molar-refractivity contribution is 5.53. The van der Waals surface area contributed by atoms with Crippen molar-refractivity contribution in [1.29, 1.82) is 0 Å². The van der Waals surface area contributed by atoms with E-state index in [1.807, 2.05) is 32.2 Å². The van der Waals surface area contributed by atoms with E-state index in [1.54, 1.807) is 0 Å². The highest BCUT2D eigenvalue weighted by Gasteiger charge is 2.07. The molecule has 0 unspecified atom stereocenters. The second-order valence-electron chi connectivity index (χ2n) is 5.51. The van der Waals surface area contributed by atoms with E-state index in [1.165, 1.54) is 11.1 Å². The van der Waals surface area contributed by atoms with Crippen molar-refractivity contribution >= 4 is 0 Å². The Kier molecular flexibility index (Phi) is 4.83. The van der Waals surface area contributed by atoms with Crippen LogP contribution in [0, 0.1) is 6.92 Å². The molecule has 6 heteroatoms. The van der Waals surface area contributed by atoms with Gasteiger partial charge in [0.25, 0.3) is 5.89 Å². The Balaban J connectivity index is 1.50. The normalized spacial score (nSPS) is 11.0. The van der Waals surface area contributed by atoms with Crippen LogP contribution in [-0.2, 0) is 19.4 Å². The van der Waals surface area contributed by atoms with Gasteiger partial charge in [0.05, 0.1) is 6.20 Å². The average Bonchev–Trinajstić information content (AvgIpc) is 3.21. The van der Waals surface area contributed by atoms with Crippen LogP contribution in [0.25, 0.3) is 11.5 Å². The lowest BCUT2D eigenvalue weighted by atomic mass is 10.1. The van der Waals surface area contributed by atoms with Crippen LogP contribution in [0.5, 0.6) is 0 Å². The van der Waals surface area contributed by atoms with Gasteiger partial charge in [0.1, 0.15) is 0 Å². The Labute approximate surface area is 135 Å². The van der Waals surface area contributed by atoms with E-state index in [2.05, 4.69) is 37.8 Å². The molecule has 3 aromatic rings. The van der Waals surface area contributed by atoms with Gasteiger partial charge < -0.3 is 9.84 Å². The van der Waals surface area contributed by atoms with E-state index in [0.29, 0.717) is 5.89 Å². The Morgan fingerprint density at radius 1 is 1.22 bits per heavy atom. The largest absolute Gasteiger partial charge is 0.334 e. The lowest BCUT2D eigenvalue weighted by Crippen LogP contribution is -2.16. The van der Waals surface area contributed by atoms with Crippen LogP contribution in [0.4, 0.5) is 0 Å². The SMILES string of the molecule is CCc1noc(-c2ccc(CCNCc3cn[nH]c3C)cc2)n1. The quantitative estimate of drug-likeness (QED) is 0.656. The molecule has 2 N–H and O–H groups in total. The first-order valence-corrected chi connectivity index (χ1v) is 7.87. The number of aromatic amines is 1. The summed E-state index contributed by atoms with van der Waals surface area (Å²) in [6.45, 7) is 5.80. The van der Waals surface area contributed by atoms with Gasteiger partial charge in [-0.15, -0.1) is 0 Å². The van der Waals surface area contributed by atoms with Gasteiger partial charge in [0, 0.05) is 29.8 Å². The van der Waals surface area contributed by atoms with Gasteiger partial charge in [-0.1, -0.05) is 24.2 Å². The van der Waals surface area contributed by atoms with Crippen molar-refractivity contribution in [2.45, 2.75) is 33.2 Å². The molecule has 1 aromatic carbocycles. The highest BCUT2D eigenvalue weighted by Crippen LogP contribution is 2.18. The zero-order chi connectivity index (χ0) is 16.1. The third kappa shape index (κ3) is 3.84. The van der Waals surface area contributed by atoms with Crippen LogP contribution >= 0.6 is 0 Å². The number of aromatic nitrogens is 4. The maximum absolute atomic E-state index is 5.25. The fraction of sp³-hybridized carbons (Fsp3) is 0.353. The van der Waals surface area contributed by atoms with Gasteiger partial charge in [-0.2, -0.15) is 10.1 Å². The molecule has 0 bridgehead atoms. The van der Waals surface area contributed by atoms with Gasteiger partial charge in [0.15, 0.2) is 5.82 Å². The summed E-state index contributed by atoms with van der Waals surface area (Å²) in [4.78, 5) is 4.34. The zero-order valence-electron chi connectivity index (χ0n) is 13.5. The molecule has 23 heavy (non-hydrogen) atoms. The summed E-state index contributed by atoms with van der Waals surface area (Å²) in [5, 5.41) is 14.3. The predicted molar refractivity (Wildman–Crippen MR) is 87.8 cm³/mol. The maximum atomic E-state index is 5.25. The molecule has 2 aromatic heterocycles. The summed E-state index contributed by atoms with van der Waals surface area (Å²) in [7, 11) is 0. The molecule has 0 atom stereocenters. The summed E-state index contributed by atoms with van der Waals surface area (Å²) in [5.41, 5.74) is 4.57. The molecule has 0 fully saturated rings. The topological polar surface area (TPSA) is 79.6 Å². The minimum absolute atomic E-state index is 0.585. The van der Waals surface area contributed by atoms with Crippen molar-refractivity contribution < 1.29 is 4.52 Å². The van der Waals surface area contributed by atoms with Crippen molar-refractivity contribution in [3.63, 3.8) is 0 Å². The number of hydrogen-bond donors (Lipinski definition) is 2. The van der Waals surface area contributed by atoms with Crippen molar-refractivity contribution in [1.82, 2.24) is 25.7 Å². The molecule has 0 spiro atoms. The minimum atomic E-state index is 0.585. The van der Waals surface area contributed by atoms with Crippen molar-refractivity contribution in [2.75, 3.05) is 6.54 Å². The molecule has 3 rings (SSSR count).